The first-order chi connectivity index (χ1) is 11.0. The van der Waals surface area contributed by atoms with Crippen molar-refractivity contribution in [2.45, 2.75) is 52.2 Å². The summed E-state index contributed by atoms with van der Waals surface area (Å²) in [6, 6.07) is 10.6. The van der Waals surface area contributed by atoms with E-state index in [1.54, 1.807) is 0 Å². The number of benzene rings is 1. The Morgan fingerprint density at radius 2 is 2.04 bits per heavy atom. The Balaban J connectivity index is 1.99. The van der Waals surface area contributed by atoms with Crippen molar-refractivity contribution in [1.82, 2.24) is 9.80 Å². The second-order valence-electron chi connectivity index (χ2n) is 6.90. The van der Waals surface area contributed by atoms with E-state index in [0.717, 1.165) is 39.0 Å². The molecule has 1 fully saturated rings. The van der Waals surface area contributed by atoms with Gasteiger partial charge in [0.2, 0.25) is 5.91 Å². The molecule has 0 aromatic heterocycles. The quantitative estimate of drug-likeness (QED) is 0.877. The molecule has 0 bridgehead atoms. The van der Waals surface area contributed by atoms with Crippen molar-refractivity contribution < 1.29 is 4.79 Å². The van der Waals surface area contributed by atoms with E-state index in [-0.39, 0.29) is 17.9 Å². The van der Waals surface area contributed by atoms with Crippen LogP contribution in [0, 0.1) is 5.92 Å². The normalized spacial score (nSPS) is 20.1. The van der Waals surface area contributed by atoms with Crippen LogP contribution in [-0.2, 0) is 11.3 Å². The highest BCUT2D eigenvalue weighted by Gasteiger charge is 2.30. The fourth-order valence-electron chi connectivity index (χ4n) is 3.27. The maximum atomic E-state index is 12.5. The largest absolute Gasteiger partial charge is 0.340 e. The van der Waals surface area contributed by atoms with Crippen LogP contribution in [0.25, 0.3) is 0 Å². The molecule has 128 valence electrons. The van der Waals surface area contributed by atoms with Crippen molar-refractivity contribution in [3.8, 4) is 0 Å². The van der Waals surface area contributed by atoms with Crippen LogP contribution in [0.4, 0.5) is 0 Å². The molecule has 1 amide bonds. The molecule has 4 heteroatoms. The molecule has 1 aliphatic heterocycles. The van der Waals surface area contributed by atoms with E-state index in [4.69, 9.17) is 5.73 Å². The van der Waals surface area contributed by atoms with Crippen LogP contribution in [-0.4, -0.2) is 47.4 Å². The van der Waals surface area contributed by atoms with Crippen molar-refractivity contribution >= 4 is 5.91 Å². The summed E-state index contributed by atoms with van der Waals surface area (Å²) in [7, 11) is 0. The summed E-state index contributed by atoms with van der Waals surface area (Å²) >= 11 is 0. The molecule has 1 aromatic rings. The molecule has 0 aliphatic carbocycles. The van der Waals surface area contributed by atoms with Gasteiger partial charge in [0.05, 0.1) is 6.04 Å². The Bertz CT molecular complexity index is 489. The molecular weight excluding hydrogens is 286 g/mol. The third-order valence-electron chi connectivity index (χ3n) is 4.86. The number of rotatable bonds is 6. The molecule has 2 atom stereocenters. The van der Waals surface area contributed by atoms with Crippen molar-refractivity contribution in [1.29, 1.82) is 0 Å². The highest BCUT2D eigenvalue weighted by Crippen LogP contribution is 2.19. The van der Waals surface area contributed by atoms with E-state index in [9.17, 15) is 4.79 Å². The summed E-state index contributed by atoms with van der Waals surface area (Å²) in [5.41, 5.74) is 7.39. The molecule has 1 aliphatic rings. The summed E-state index contributed by atoms with van der Waals surface area (Å²) < 4.78 is 0. The van der Waals surface area contributed by atoms with Crippen molar-refractivity contribution in [2.75, 3.05) is 19.6 Å². The average Bonchev–Trinajstić information content (AvgIpc) is 2.59. The van der Waals surface area contributed by atoms with Crippen molar-refractivity contribution in [2.24, 2.45) is 11.7 Å². The van der Waals surface area contributed by atoms with Crippen LogP contribution in [0.3, 0.4) is 0 Å². The lowest BCUT2D eigenvalue weighted by atomic mass is 9.99. The molecule has 2 rings (SSSR count). The lowest BCUT2D eigenvalue weighted by molar-refractivity contribution is -0.135. The Morgan fingerprint density at radius 1 is 1.35 bits per heavy atom. The number of likely N-dealkylation sites (tertiary alicyclic amines) is 1. The smallest absolute Gasteiger partial charge is 0.239 e. The van der Waals surface area contributed by atoms with Crippen molar-refractivity contribution in [3.05, 3.63) is 35.9 Å². The number of hydrogen-bond acceptors (Lipinski definition) is 3. The monoisotopic (exact) mass is 317 g/mol. The number of carbonyl (C=O) groups is 1. The van der Waals surface area contributed by atoms with Gasteiger partial charge in [0.25, 0.3) is 0 Å². The minimum atomic E-state index is -0.377. The summed E-state index contributed by atoms with van der Waals surface area (Å²) in [5, 5.41) is 0. The SMILES string of the molecule is CCN(Cc1ccccc1)[C@H]1CCCN(C(=O)[C@@H](N)C(C)C)C1. The van der Waals surface area contributed by atoms with Gasteiger partial charge in [0.1, 0.15) is 0 Å². The summed E-state index contributed by atoms with van der Waals surface area (Å²) in [6.07, 6.45) is 2.22. The standard InChI is InChI=1S/C19H31N3O/c1-4-21(13-16-9-6-5-7-10-16)17-11-8-12-22(14-17)19(23)18(20)15(2)3/h5-7,9-10,15,17-18H,4,8,11-14,20H2,1-3H3/t17-,18-/m0/s1. The van der Waals surface area contributed by atoms with E-state index in [1.165, 1.54) is 5.56 Å². The third kappa shape index (κ3) is 4.79. The van der Waals surface area contributed by atoms with Crippen molar-refractivity contribution in [3.63, 3.8) is 0 Å². The summed E-state index contributed by atoms with van der Waals surface area (Å²) in [4.78, 5) is 17.0. The van der Waals surface area contributed by atoms with Crippen LogP contribution in [0.15, 0.2) is 30.3 Å². The molecule has 2 N–H and O–H groups in total. The number of hydrogen-bond donors (Lipinski definition) is 1. The summed E-state index contributed by atoms with van der Waals surface area (Å²) in [6.45, 7) is 9.82. The fraction of sp³-hybridized carbons (Fsp3) is 0.632. The van der Waals surface area contributed by atoms with Crippen LogP contribution in [0.1, 0.15) is 39.2 Å². The van der Waals surface area contributed by atoms with Gasteiger partial charge < -0.3 is 10.6 Å². The second kappa shape index (κ2) is 8.46. The van der Waals surface area contributed by atoms with Gasteiger partial charge >= 0.3 is 0 Å². The molecule has 0 spiro atoms. The van der Waals surface area contributed by atoms with Gasteiger partial charge in [-0.15, -0.1) is 0 Å². The van der Waals surface area contributed by atoms with Crippen LogP contribution >= 0.6 is 0 Å². The highest BCUT2D eigenvalue weighted by molar-refractivity contribution is 5.82. The minimum absolute atomic E-state index is 0.112. The van der Waals surface area contributed by atoms with Crippen LogP contribution < -0.4 is 5.73 Å². The van der Waals surface area contributed by atoms with Gasteiger partial charge in [-0.3, -0.25) is 9.69 Å². The number of carbonyl (C=O) groups excluding carboxylic acids is 1. The number of piperidine rings is 1. The van der Waals surface area contributed by atoms with Gasteiger partial charge in [0, 0.05) is 25.7 Å². The lowest BCUT2D eigenvalue weighted by Crippen LogP contribution is -2.54. The molecule has 1 saturated heterocycles. The number of amides is 1. The summed E-state index contributed by atoms with van der Waals surface area (Å²) in [5.74, 6) is 0.301. The molecule has 4 nitrogen and oxygen atoms in total. The molecule has 1 aromatic carbocycles. The Morgan fingerprint density at radius 3 is 2.65 bits per heavy atom. The molecule has 23 heavy (non-hydrogen) atoms. The maximum Gasteiger partial charge on any atom is 0.239 e. The van der Waals surface area contributed by atoms with Gasteiger partial charge in [-0.25, -0.2) is 0 Å². The zero-order valence-electron chi connectivity index (χ0n) is 14.7. The zero-order valence-corrected chi connectivity index (χ0v) is 14.7. The molecule has 0 saturated carbocycles. The number of nitrogens with two attached hydrogens (primary N) is 1. The van der Waals surface area contributed by atoms with Gasteiger partial charge in [0.15, 0.2) is 0 Å². The topological polar surface area (TPSA) is 49.6 Å². The van der Waals surface area contributed by atoms with Gasteiger partial charge in [-0.1, -0.05) is 51.1 Å². The highest BCUT2D eigenvalue weighted by atomic mass is 16.2. The average molecular weight is 317 g/mol. The lowest BCUT2D eigenvalue weighted by Gasteiger charge is -2.40. The van der Waals surface area contributed by atoms with Crippen LogP contribution in [0.5, 0.6) is 0 Å². The third-order valence-corrected chi connectivity index (χ3v) is 4.86. The number of nitrogens with zero attached hydrogens (tertiary/aromatic N) is 2. The molecule has 0 radical (unpaired) electrons. The molecule has 0 unspecified atom stereocenters. The van der Waals surface area contributed by atoms with E-state index >= 15 is 0 Å². The Labute approximate surface area is 140 Å². The van der Waals surface area contributed by atoms with Gasteiger partial charge in [-0.05, 0) is 30.9 Å². The van der Waals surface area contributed by atoms with E-state index in [2.05, 4.69) is 36.1 Å². The fourth-order valence-corrected chi connectivity index (χ4v) is 3.27. The van der Waals surface area contributed by atoms with Crippen LogP contribution in [0.2, 0.25) is 0 Å². The Kier molecular flexibility index (Phi) is 6.60. The van der Waals surface area contributed by atoms with E-state index in [1.807, 2.05) is 24.8 Å². The Hall–Kier alpha value is -1.39. The molecular formula is C19H31N3O. The first-order valence-electron chi connectivity index (χ1n) is 8.85. The predicted molar refractivity (Wildman–Crippen MR) is 94.9 cm³/mol. The minimum Gasteiger partial charge on any atom is -0.340 e. The predicted octanol–water partition coefficient (Wildman–Crippen LogP) is 2.48. The van der Waals surface area contributed by atoms with Gasteiger partial charge in [-0.2, -0.15) is 0 Å². The first-order valence-corrected chi connectivity index (χ1v) is 8.85. The van der Waals surface area contributed by atoms with E-state index < -0.39 is 0 Å². The number of likely N-dealkylation sites (N-methyl/N-ethyl adjacent to an activating group) is 1. The first kappa shape index (κ1) is 18.0. The molecule has 1 heterocycles. The second-order valence-corrected chi connectivity index (χ2v) is 6.90. The van der Waals surface area contributed by atoms with E-state index in [0.29, 0.717) is 6.04 Å². The maximum absolute atomic E-state index is 12.5. The zero-order chi connectivity index (χ0) is 16.8.